The van der Waals surface area contributed by atoms with Crippen molar-refractivity contribution in [1.29, 1.82) is 0 Å². The third-order valence-corrected chi connectivity index (χ3v) is 3.27. The number of rotatable bonds is 4. The molecule has 1 aromatic carbocycles. The van der Waals surface area contributed by atoms with Gasteiger partial charge in [-0.2, -0.15) is 0 Å². The first-order valence-electron chi connectivity index (χ1n) is 5.26. The summed E-state index contributed by atoms with van der Waals surface area (Å²) >= 11 is 2.16. The van der Waals surface area contributed by atoms with Crippen LogP contribution in [-0.2, 0) is 6.54 Å². The van der Waals surface area contributed by atoms with Crippen LogP contribution in [0.3, 0.4) is 0 Å². The van der Waals surface area contributed by atoms with Crippen molar-refractivity contribution in [2.75, 3.05) is 6.54 Å². The number of amides is 1. The minimum Gasteiger partial charge on any atom is -0.350 e. The molecule has 0 aliphatic heterocycles. The molecule has 1 aromatic heterocycles. The number of hydrogen-bond acceptors (Lipinski definition) is 2. The number of halogens is 1. The molecule has 0 aliphatic rings. The monoisotopic (exact) mass is 341 g/mol. The number of carbonyl (C=O) groups excluding carboxylic acids is 1. The molecule has 2 aromatic rings. The number of benzene rings is 1. The maximum Gasteiger partial charge on any atom is 0.252 e. The second kappa shape index (κ2) is 5.81. The van der Waals surface area contributed by atoms with Gasteiger partial charge in [0.1, 0.15) is 0 Å². The van der Waals surface area contributed by atoms with Crippen LogP contribution in [0.15, 0.2) is 43.0 Å². The standard InChI is InChI=1S/C12H12IN3O/c13-11-4-2-1-3-10(11)12(17)15-6-8-16-7-5-14-9-16/h1-5,7,9H,6,8H2,(H,15,17). The van der Waals surface area contributed by atoms with Crippen LogP contribution in [0.25, 0.3) is 0 Å². The first-order chi connectivity index (χ1) is 8.27. The lowest BCUT2D eigenvalue weighted by Gasteiger charge is -2.07. The molecule has 0 atom stereocenters. The van der Waals surface area contributed by atoms with E-state index < -0.39 is 0 Å². The van der Waals surface area contributed by atoms with Gasteiger partial charge in [-0.25, -0.2) is 4.98 Å². The van der Waals surface area contributed by atoms with E-state index in [2.05, 4.69) is 32.9 Å². The van der Waals surface area contributed by atoms with Gasteiger partial charge in [-0.1, -0.05) is 12.1 Å². The van der Waals surface area contributed by atoms with E-state index in [1.807, 2.05) is 35.0 Å². The van der Waals surface area contributed by atoms with Crippen LogP contribution in [0.1, 0.15) is 10.4 Å². The highest BCUT2D eigenvalue weighted by atomic mass is 127. The summed E-state index contributed by atoms with van der Waals surface area (Å²) in [5, 5.41) is 2.89. The van der Waals surface area contributed by atoms with Gasteiger partial charge in [-0.05, 0) is 34.7 Å². The van der Waals surface area contributed by atoms with Crippen molar-refractivity contribution in [1.82, 2.24) is 14.9 Å². The quantitative estimate of drug-likeness (QED) is 0.864. The zero-order chi connectivity index (χ0) is 12.1. The highest BCUT2D eigenvalue weighted by Gasteiger charge is 2.07. The first-order valence-corrected chi connectivity index (χ1v) is 6.34. The largest absolute Gasteiger partial charge is 0.350 e. The van der Waals surface area contributed by atoms with Gasteiger partial charge in [-0.15, -0.1) is 0 Å². The zero-order valence-corrected chi connectivity index (χ0v) is 11.3. The topological polar surface area (TPSA) is 46.9 Å². The molecule has 0 spiro atoms. The summed E-state index contributed by atoms with van der Waals surface area (Å²) in [6, 6.07) is 7.54. The van der Waals surface area contributed by atoms with Crippen LogP contribution in [0, 0.1) is 3.57 Å². The molecular formula is C12H12IN3O. The van der Waals surface area contributed by atoms with Crippen molar-refractivity contribution >= 4 is 28.5 Å². The normalized spacial score (nSPS) is 10.2. The summed E-state index contributed by atoms with van der Waals surface area (Å²) in [5.74, 6) is -0.0323. The van der Waals surface area contributed by atoms with Crippen molar-refractivity contribution in [3.63, 3.8) is 0 Å². The Morgan fingerprint density at radius 1 is 1.41 bits per heavy atom. The van der Waals surface area contributed by atoms with E-state index in [4.69, 9.17) is 0 Å². The summed E-state index contributed by atoms with van der Waals surface area (Å²) in [4.78, 5) is 15.8. The molecule has 0 saturated carbocycles. The summed E-state index contributed by atoms with van der Waals surface area (Å²) in [6.07, 6.45) is 5.33. The van der Waals surface area contributed by atoms with Crippen LogP contribution < -0.4 is 5.32 Å². The molecule has 0 aliphatic carbocycles. The molecule has 17 heavy (non-hydrogen) atoms. The molecule has 2 rings (SSSR count). The predicted octanol–water partition coefficient (Wildman–Crippen LogP) is 1.92. The Balaban J connectivity index is 1.88. The van der Waals surface area contributed by atoms with Crippen LogP contribution >= 0.6 is 22.6 Å². The molecule has 0 radical (unpaired) electrons. The van der Waals surface area contributed by atoms with Gasteiger partial charge in [0, 0.05) is 29.1 Å². The molecule has 0 unspecified atom stereocenters. The van der Waals surface area contributed by atoms with Crippen molar-refractivity contribution in [3.8, 4) is 0 Å². The summed E-state index contributed by atoms with van der Waals surface area (Å²) < 4.78 is 2.89. The highest BCUT2D eigenvalue weighted by molar-refractivity contribution is 14.1. The minimum absolute atomic E-state index is 0.0323. The number of aromatic nitrogens is 2. The van der Waals surface area contributed by atoms with Crippen molar-refractivity contribution < 1.29 is 4.79 Å². The molecule has 0 fully saturated rings. The Hall–Kier alpha value is -1.37. The molecule has 88 valence electrons. The molecule has 1 heterocycles. The maximum absolute atomic E-state index is 11.9. The van der Waals surface area contributed by atoms with E-state index >= 15 is 0 Å². The van der Waals surface area contributed by atoms with E-state index in [0.29, 0.717) is 6.54 Å². The minimum atomic E-state index is -0.0323. The Kier molecular flexibility index (Phi) is 4.13. The van der Waals surface area contributed by atoms with Crippen LogP contribution in [0.4, 0.5) is 0 Å². The number of nitrogens with one attached hydrogen (secondary N) is 1. The second-order valence-corrected chi connectivity index (χ2v) is 4.70. The molecule has 0 bridgehead atoms. The molecule has 1 amide bonds. The molecule has 0 saturated heterocycles. The molecule has 5 heteroatoms. The molecule has 4 nitrogen and oxygen atoms in total. The Labute approximate surface area is 113 Å². The van der Waals surface area contributed by atoms with Gasteiger partial charge in [-0.3, -0.25) is 4.79 Å². The average Bonchev–Trinajstić information content (AvgIpc) is 2.82. The van der Waals surface area contributed by atoms with E-state index in [9.17, 15) is 4.79 Å². The van der Waals surface area contributed by atoms with Gasteiger partial charge < -0.3 is 9.88 Å². The number of nitrogens with zero attached hydrogens (tertiary/aromatic N) is 2. The Bertz CT molecular complexity index is 496. The van der Waals surface area contributed by atoms with Gasteiger partial charge in [0.15, 0.2) is 0 Å². The van der Waals surface area contributed by atoms with E-state index in [0.717, 1.165) is 15.7 Å². The number of imidazole rings is 1. The van der Waals surface area contributed by atoms with Crippen molar-refractivity contribution in [2.45, 2.75) is 6.54 Å². The third-order valence-electron chi connectivity index (χ3n) is 2.33. The second-order valence-electron chi connectivity index (χ2n) is 3.54. The van der Waals surface area contributed by atoms with Gasteiger partial charge in [0.25, 0.3) is 5.91 Å². The zero-order valence-electron chi connectivity index (χ0n) is 9.14. The summed E-state index contributed by atoms with van der Waals surface area (Å²) in [5.41, 5.74) is 0.721. The lowest BCUT2D eigenvalue weighted by atomic mass is 10.2. The maximum atomic E-state index is 11.9. The fourth-order valence-corrected chi connectivity index (χ4v) is 2.09. The predicted molar refractivity (Wildman–Crippen MR) is 73.7 cm³/mol. The summed E-state index contributed by atoms with van der Waals surface area (Å²) in [7, 11) is 0. The van der Waals surface area contributed by atoms with Crippen LogP contribution in [0.5, 0.6) is 0 Å². The lowest BCUT2D eigenvalue weighted by molar-refractivity contribution is 0.0951. The van der Waals surface area contributed by atoms with Crippen LogP contribution in [0.2, 0.25) is 0 Å². The smallest absolute Gasteiger partial charge is 0.252 e. The van der Waals surface area contributed by atoms with E-state index in [-0.39, 0.29) is 5.91 Å². The molecule has 1 N–H and O–H groups in total. The fraction of sp³-hybridized carbons (Fsp3) is 0.167. The third kappa shape index (κ3) is 3.29. The van der Waals surface area contributed by atoms with Crippen molar-refractivity contribution in [2.24, 2.45) is 0 Å². The van der Waals surface area contributed by atoms with Crippen LogP contribution in [-0.4, -0.2) is 22.0 Å². The van der Waals surface area contributed by atoms with Gasteiger partial charge >= 0.3 is 0 Å². The average molecular weight is 341 g/mol. The van der Waals surface area contributed by atoms with Gasteiger partial charge in [0.05, 0.1) is 11.9 Å². The molecular weight excluding hydrogens is 329 g/mol. The van der Waals surface area contributed by atoms with E-state index in [1.165, 1.54) is 0 Å². The highest BCUT2D eigenvalue weighted by Crippen LogP contribution is 2.10. The lowest BCUT2D eigenvalue weighted by Crippen LogP contribution is -2.27. The Morgan fingerprint density at radius 2 is 2.24 bits per heavy atom. The Morgan fingerprint density at radius 3 is 2.94 bits per heavy atom. The number of hydrogen-bond donors (Lipinski definition) is 1. The van der Waals surface area contributed by atoms with Crippen molar-refractivity contribution in [3.05, 3.63) is 52.1 Å². The summed E-state index contributed by atoms with van der Waals surface area (Å²) in [6.45, 7) is 1.33. The first kappa shape index (κ1) is 12.1. The fourth-order valence-electron chi connectivity index (χ4n) is 1.46. The number of carbonyl (C=O) groups is 1. The van der Waals surface area contributed by atoms with E-state index in [1.54, 1.807) is 12.5 Å². The van der Waals surface area contributed by atoms with Gasteiger partial charge in [0.2, 0.25) is 0 Å². The SMILES string of the molecule is O=C(NCCn1ccnc1)c1ccccc1I.